The molecule has 7 rings (SSSR count). The number of aryl methyl sites for hydroxylation is 1. The summed E-state index contributed by atoms with van der Waals surface area (Å²) < 4.78 is 35.1. The van der Waals surface area contributed by atoms with Crippen molar-refractivity contribution >= 4 is 33.2 Å². The van der Waals surface area contributed by atoms with Crippen LogP contribution in [-0.2, 0) is 21.9 Å². The lowest BCUT2D eigenvalue weighted by atomic mass is 9.63. The number of amides is 1. The van der Waals surface area contributed by atoms with Gasteiger partial charge in [0.1, 0.15) is 5.75 Å². The molecule has 1 unspecified atom stereocenters. The van der Waals surface area contributed by atoms with Crippen LogP contribution in [0.5, 0.6) is 5.75 Å². The lowest BCUT2D eigenvalue weighted by Gasteiger charge is -2.49. The standard InChI is InChI=1S/C33H41ClN2O5S/c1-20-5-6-22-15-28(22)32(2,38)26-10-7-24(26)17-36-18-33(13-3-4-21-14-25(34)9-11-27(21)33)19-41-30-12-8-23(16-29(30)36)31(37)35-42(20,39)40/h8-9,11-12,14,16,20,22,24,26,28,38H,3-7,10,13,15,17-19H2,1-2H3,(H,35,37)/t20-,22?,24+,26-,28+,32+,33+/m1/s1. The van der Waals surface area contributed by atoms with Crippen LogP contribution in [0.15, 0.2) is 36.4 Å². The Balaban J connectivity index is 1.31. The fourth-order valence-corrected chi connectivity index (χ4v) is 9.76. The molecule has 2 saturated carbocycles. The Bertz CT molecular complexity index is 1530. The lowest BCUT2D eigenvalue weighted by Crippen LogP contribution is -2.53. The summed E-state index contributed by atoms with van der Waals surface area (Å²) in [6.07, 6.45) is 7.19. The van der Waals surface area contributed by atoms with Gasteiger partial charge in [0.15, 0.2) is 0 Å². The summed E-state index contributed by atoms with van der Waals surface area (Å²) in [5.41, 5.74) is 2.63. The first kappa shape index (κ1) is 28.5. The Morgan fingerprint density at radius 1 is 1.07 bits per heavy atom. The summed E-state index contributed by atoms with van der Waals surface area (Å²) in [5, 5.41) is 11.9. The topological polar surface area (TPSA) is 95.9 Å². The van der Waals surface area contributed by atoms with Crippen LogP contribution in [0.25, 0.3) is 0 Å². The van der Waals surface area contributed by atoms with E-state index in [2.05, 4.69) is 21.8 Å². The molecular weight excluding hydrogens is 572 g/mol. The summed E-state index contributed by atoms with van der Waals surface area (Å²) in [7, 11) is -3.85. The van der Waals surface area contributed by atoms with Gasteiger partial charge in [-0.15, -0.1) is 0 Å². The highest BCUT2D eigenvalue weighted by Crippen LogP contribution is 2.57. The van der Waals surface area contributed by atoms with Gasteiger partial charge in [-0.1, -0.05) is 17.7 Å². The van der Waals surface area contributed by atoms with Crippen molar-refractivity contribution in [1.82, 2.24) is 4.72 Å². The van der Waals surface area contributed by atoms with E-state index in [-0.39, 0.29) is 17.3 Å². The van der Waals surface area contributed by atoms with E-state index in [1.165, 1.54) is 11.1 Å². The van der Waals surface area contributed by atoms with Crippen LogP contribution in [0.2, 0.25) is 5.02 Å². The van der Waals surface area contributed by atoms with Gasteiger partial charge in [-0.05, 0) is 130 Å². The van der Waals surface area contributed by atoms with Gasteiger partial charge < -0.3 is 14.7 Å². The molecule has 2 aromatic rings. The molecule has 2 fully saturated rings. The third-order valence-electron chi connectivity index (χ3n) is 11.3. The van der Waals surface area contributed by atoms with Crippen LogP contribution in [0.4, 0.5) is 5.69 Å². The number of fused-ring (bicyclic) bond motifs is 5. The lowest BCUT2D eigenvalue weighted by molar-refractivity contribution is -0.0868. The molecule has 0 saturated heterocycles. The fraction of sp³-hybridized carbons (Fsp3) is 0.606. The Hall–Kier alpha value is -2.29. The molecule has 3 aliphatic carbocycles. The minimum atomic E-state index is -3.85. The second-order valence-corrected chi connectivity index (χ2v) is 16.5. The Kier molecular flexibility index (Phi) is 6.87. The molecule has 42 heavy (non-hydrogen) atoms. The normalized spacial score (nSPS) is 37.2. The molecular formula is C33H41ClN2O5S. The van der Waals surface area contributed by atoms with E-state index in [1.807, 2.05) is 19.1 Å². The maximum absolute atomic E-state index is 13.3. The average molecular weight is 613 g/mol. The largest absolute Gasteiger partial charge is 0.490 e. The van der Waals surface area contributed by atoms with Crippen LogP contribution in [-0.4, -0.2) is 50.0 Å². The van der Waals surface area contributed by atoms with Crippen LogP contribution in [0.1, 0.15) is 80.3 Å². The van der Waals surface area contributed by atoms with E-state index in [4.69, 9.17) is 16.3 Å². The predicted molar refractivity (Wildman–Crippen MR) is 164 cm³/mol. The number of ether oxygens (including phenoxy) is 1. The summed E-state index contributed by atoms with van der Waals surface area (Å²) in [4.78, 5) is 15.7. The van der Waals surface area contributed by atoms with Crippen molar-refractivity contribution in [3.63, 3.8) is 0 Å². The summed E-state index contributed by atoms with van der Waals surface area (Å²) in [6, 6.07) is 11.5. The minimum absolute atomic E-state index is 0.189. The number of carbonyl (C=O) groups is 1. The molecule has 1 amide bonds. The zero-order valence-electron chi connectivity index (χ0n) is 24.4. The number of hydrogen-bond acceptors (Lipinski definition) is 6. The van der Waals surface area contributed by atoms with E-state index in [0.29, 0.717) is 42.7 Å². The number of anilines is 1. The predicted octanol–water partition coefficient (Wildman–Crippen LogP) is 5.47. The molecule has 2 bridgehead atoms. The van der Waals surface area contributed by atoms with E-state index in [0.717, 1.165) is 62.2 Å². The monoisotopic (exact) mass is 612 g/mol. The van der Waals surface area contributed by atoms with E-state index >= 15 is 0 Å². The van der Waals surface area contributed by atoms with Crippen molar-refractivity contribution in [1.29, 1.82) is 0 Å². The third-order valence-corrected chi connectivity index (χ3v) is 13.3. The molecule has 9 heteroatoms. The quantitative estimate of drug-likeness (QED) is 0.410. The van der Waals surface area contributed by atoms with Gasteiger partial charge >= 0.3 is 0 Å². The van der Waals surface area contributed by atoms with E-state index in [9.17, 15) is 18.3 Å². The second kappa shape index (κ2) is 10.1. The van der Waals surface area contributed by atoms with Gasteiger partial charge in [0.2, 0.25) is 10.0 Å². The number of carbonyl (C=O) groups excluding carboxylic acids is 1. The molecule has 0 aromatic heterocycles. The first-order valence-electron chi connectivity index (χ1n) is 15.6. The van der Waals surface area contributed by atoms with Crippen molar-refractivity contribution in [3.8, 4) is 5.75 Å². The molecule has 2 N–H and O–H groups in total. The number of benzene rings is 2. The molecule has 1 spiro atoms. The molecule has 7 atom stereocenters. The number of rotatable bonds is 0. The van der Waals surface area contributed by atoms with E-state index < -0.39 is 26.8 Å². The summed E-state index contributed by atoms with van der Waals surface area (Å²) in [5.74, 6) is 1.11. The second-order valence-electron chi connectivity index (χ2n) is 13.9. The number of nitrogens with zero attached hydrogens (tertiary/aromatic N) is 1. The van der Waals surface area contributed by atoms with Crippen molar-refractivity contribution in [2.24, 2.45) is 23.7 Å². The zero-order valence-corrected chi connectivity index (χ0v) is 26.0. The highest BCUT2D eigenvalue weighted by Gasteiger charge is 2.56. The molecule has 2 aromatic carbocycles. The first-order chi connectivity index (χ1) is 20.0. The highest BCUT2D eigenvalue weighted by molar-refractivity contribution is 7.90. The van der Waals surface area contributed by atoms with E-state index in [1.54, 1.807) is 19.1 Å². The molecule has 226 valence electrons. The minimum Gasteiger partial charge on any atom is -0.490 e. The first-order valence-corrected chi connectivity index (χ1v) is 17.5. The summed E-state index contributed by atoms with van der Waals surface area (Å²) in [6.45, 7) is 5.65. The Morgan fingerprint density at radius 2 is 1.88 bits per heavy atom. The molecule has 5 aliphatic rings. The van der Waals surface area contributed by atoms with Gasteiger partial charge in [0.25, 0.3) is 5.91 Å². The van der Waals surface area contributed by atoms with Crippen LogP contribution >= 0.6 is 11.6 Å². The highest BCUT2D eigenvalue weighted by atomic mass is 35.5. The van der Waals surface area contributed by atoms with Gasteiger partial charge in [-0.25, -0.2) is 13.1 Å². The number of sulfonamides is 1. The molecule has 0 radical (unpaired) electrons. The van der Waals surface area contributed by atoms with Crippen LogP contribution in [0.3, 0.4) is 0 Å². The number of aliphatic hydroxyl groups is 1. The number of nitrogens with one attached hydrogen (secondary N) is 1. The van der Waals surface area contributed by atoms with Crippen molar-refractivity contribution in [2.45, 2.75) is 81.5 Å². The zero-order chi connectivity index (χ0) is 29.4. The SMILES string of the molecule is C[C@@H]1CCC2C[C@@H]2[C@@](C)(O)[C@@H]2CC[C@H]2CN2C[C@@]3(CCCc4cc(Cl)ccc43)COc3ccc(cc32)C(=O)NS1(=O)=O. The van der Waals surface area contributed by atoms with Crippen molar-refractivity contribution < 1.29 is 23.1 Å². The maximum atomic E-state index is 13.3. The maximum Gasteiger partial charge on any atom is 0.264 e. The van der Waals surface area contributed by atoms with Crippen LogP contribution in [0, 0.1) is 23.7 Å². The van der Waals surface area contributed by atoms with Gasteiger partial charge in [-0.2, -0.15) is 0 Å². The Morgan fingerprint density at radius 3 is 2.67 bits per heavy atom. The van der Waals surface area contributed by atoms with Crippen LogP contribution < -0.4 is 14.4 Å². The number of halogens is 1. The Labute approximate surface area is 254 Å². The molecule has 7 nitrogen and oxygen atoms in total. The van der Waals surface area contributed by atoms with Crippen molar-refractivity contribution in [3.05, 3.63) is 58.1 Å². The average Bonchev–Trinajstić information content (AvgIpc) is 3.73. The number of hydrogen-bond donors (Lipinski definition) is 2. The van der Waals surface area contributed by atoms with Crippen molar-refractivity contribution in [2.75, 3.05) is 24.6 Å². The fourth-order valence-electron chi connectivity index (χ4n) is 8.55. The molecule has 2 heterocycles. The van der Waals surface area contributed by atoms with Gasteiger partial charge in [-0.3, -0.25) is 4.79 Å². The third kappa shape index (κ3) is 4.82. The molecule has 2 aliphatic heterocycles. The van der Waals surface area contributed by atoms with Gasteiger partial charge in [0, 0.05) is 29.1 Å². The summed E-state index contributed by atoms with van der Waals surface area (Å²) >= 11 is 6.40. The smallest absolute Gasteiger partial charge is 0.264 e. The van der Waals surface area contributed by atoms with Gasteiger partial charge in [0.05, 0.1) is 23.1 Å².